The molecule has 0 aliphatic carbocycles. The Morgan fingerprint density at radius 3 is 2.75 bits per heavy atom. The van der Waals surface area contributed by atoms with E-state index in [0.29, 0.717) is 11.8 Å². The van der Waals surface area contributed by atoms with Crippen molar-refractivity contribution in [3.8, 4) is 0 Å². The van der Waals surface area contributed by atoms with Gasteiger partial charge < -0.3 is 9.73 Å². The van der Waals surface area contributed by atoms with Gasteiger partial charge in [-0.3, -0.25) is 0 Å². The van der Waals surface area contributed by atoms with Gasteiger partial charge in [0.05, 0.1) is 0 Å². The molecule has 0 aliphatic rings. The van der Waals surface area contributed by atoms with Crippen LogP contribution in [0.1, 0.15) is 24.3 Å². The van der Waals surface area contributed by atoms with E-state index >= 15 is 0 Å². The molecule has 3 rings (SSSR count). The number of hydrogen-bond acceptors (Lipinski definition) is 3. The maximum atomic E-state index is 5.48. The summed E-state index contributed by atoms with van der Waals surface area (Å²) in [5, 5.41) is 3.46. The lowest BCUT2D eigenvalue weighted by Crippen LogP contribution is -2.09. The number of rotatable bonds is 4. The molecule has 2 aromatic carbocycles. The van der Waals surface area contributed by atoms with Crippen LogP contribution in [0.25, 0.3) is 11.1 Å². The van der Waals surface area contributed by atoms with Crippen LogP contribution in [0.4, 0.5) is 5.69 Å². The summed E-state index contributed by atoms with van der Waals surface area (Å²) in [4.78, 5) is 4.35. The molecule has 0 aliphatic heterocycles. The molecule has 3 aromatic rings. The summed E-state index contributed by atoms with van der Waals surface area (Å²) >= 11 is 0. The van der Waals surface area contributed by atoms with Gasteiger partial charge >= 0.3 is 0 Å². The Bertz CT molecular complexity index is 703. The van der Waals surface area contributed by atoms with Crippen molar-refractivity contribution in [2.75, 3.05) is 11.9 Å². The normalized spacial score (nSPS) is 12.5. The van der Waals surface area contributed by atoms with Gasteiger partial charge in [-0.15, -0.1) is 0 Å². The number of benzene rings is 2. The minimum Gasteiger partial charge on any atom is -0.441 e. The highest BCUT2D eigenvalue weighted by Gasteiger charge is 2.06. The van der Waals surface area contributed by atoms with Crippen LogP contribution in [-0.2, 0) is 0 Å². The number of nitrogens with one attached hydrogen (secondary N) is 1. The number of anilines is 1. The minimum atomic E-state index is 0.464. The van der Waals surface area contributed by atoms with Gasteiger partial charge in [-0.25, -0.2) is 4.98 Å². The third-order valence-corrected chi connectivity index (χ3v) is 3.48. The van der Waals surface area contributed by atoms with E-state index in [-0.39, 0.29) is 0 Å². The Balaban J connectivity index is 1.70. The van der Waals surface area contributed by atoms with Gasteiger partial charge in [0.1, 0.15) is 5.52 Å². The third kappa shape index (κ3) is 2.67. The molecule has 0 saturated carbocycles. The molecular weight excluding hydrogens is 248 g/mol. The summed E-state index contributed by atoms with van der Waals surface area (Å²) < 4.78 is 5.48. The molecule has 1 aromatic heterocycles. The second-order valence-corrected chi connectivity index (χ2v) is 5.11. The second-order valence-electron chi connectivity index (χ2n) is 5.11. The van der Waals surface area contributed by atoms with Crippen molar-refractivity contribution in [1.29, 1.82) is 0 Å². The second kappa shape index (κ2) is 5.37. The van der Waals surface area contributed by atoms with Crippen LogP contribution < -0.4 is 5.32 Å². The van der Waals surface area contributed by atoms with Crippen molar-refractivity contribution in [3.63, 3.8) is 0 Å². The van der Waals surface area contributed by atoms with Crippen molar-refractivity contribution in [3.05, 3.63) is 60.0 Å². The summed E-state index contributed by atoms with van der Waals surface area (Å²) in [7, 11) is 0. The third-order valence-electron chi connectivity index (χ3n) is 3.48. The average Bonchev–Trinajstić information content (AvgIpc) is 2.85. The Labute approximate surface area is 118 Å². The van der Waals surface area contributed by atoms with E-state index in [1.807, 2.05) is 31.2 Å². The Hall–Kier alpha value is -2.29. The average molecular weight is 266 g/mol. The highest BCUT2D eigenvalue weighted by molar-refractivity contribution is 5.77. The van der Waals surface area contributed by atoms with Crippen molar-refractivity contribution in [1.82, 2.24) is 4.98 Å². The van der Waals surface area contributed by atoms with Crippen LogP contribution in [-0.4, -0.2) is 11.5 Å². The molecule has 1 atom stereocenters. The maximum absolute atomic E-state index is 5.48. The molecule has 0 amide bonds. The highest BCUT2D eigenvalue weighted by atomic mass is 16.3. The fourth-order valence-corrected chi connectivity index (χ4v) is 2.32. The molecular formula is C17H18N2O. The van der Waals surface area contributed by atoms with Crippen molar-refractivity contribution < 1.29 is 4.42 Å². The van der Waals surface area contributed by atoms with Gasteiger partial charge in [0.25, 0.3) is 0 Å². The standard InChI is InChI=1S/C17H18N2O/c1-12(14-6-4-3-5-7-14)11-18-15-8-9-17-16(10-15)19-13(2)20-17/h3-10,12,18H,11H2,1-2H3. The van der Waals surface area contributed by atoms with E-state index in [2.05, 4.69) is 41.5 Å². The van der Waals surface area contributed by atoms with Gasteiger partial charge in [0.2, 0.25) is 0 Å². The van der Waals surface area contributed by atoms with E-state index < -0.39 is 0 Å². The fraction of sp³-hybridized carbons (Fsp3) is 0.235. The van der Waals surface area contributed by atoms with E-state index in [4.69, 9.17) is 4.42 Å². The monoisotopic (exact) mass is 266 g/mol. The molecule has 0 fully saturated rings. The molecule has 0 radical (unpaired) electrons. The number of oxazole rings is 1. The van der Waals surface area contributed by atoms with Crippen LogP contribution in [0.2, 0.25) is 0 Å². The predicted octanol–water partition coefficient (Wildman–Crippen LogP) is 4.35. The first kappa shape index (κ1) is 12.7. The molecule has 0 saturated heterocycles. The number of hydrogen-bond donors (Lipinski definition) is 1. The first-order valence-electron chi connectivity index (χ1n) is 6.88. The molecule has 3 nitrogen and oxygen atoms in total. The summed E-state index contributed by atoms with van der Waals surface area (Å²) in [6.07, 6.45) is 0. The van der Waals surface area contributed by atoms with E-state index in [0.717, 1.165) is 23.3 Å². The largest absolute Gasteiger partial charge is 0.441 e. The topological polar surface area (TPSA) is 38.1 Å². The summed E-state index contributed by atoms with van der Waals surface area (Å²) in [6, 6.07) is 16.6. The molecule has 20 heavy (non-hydrogen) atoms. The quantitative estimate of drug-likeness (QED) is 0.762. The smallest absolute Gasteiger partial charge is 0.192 e. The zero-order valence-corrected chi connectivity index (χ0v) is 11.8. The van der Waals surface area contributed by atoms with Crippen LogP contribution >= 0.6 is 0 Å². The van der Waals surface area contributed by atoms with E-state index in [1.165, 1.54) is 5.56 Å². The van der Waals surface area contributed by atoms with Crippen LogP contribution in [0.5, 0.6) is 0 Å². The Kier molecular flexibility index (Phi) is 3.42. The number of fused-ring (bicyclic) bond motifs is 1. The summed E-state index contributed by atoms with van der Waals surface area (Å²) in [5.41, 5.74) is 4.16. The Morgan fingerprint density at radius 1 is 1.15 bits per heavy atom. The molecule has 3 heteroatoms. The van der Waals surface area contributed by atoms with E-state index in [9.17, 15) is 0 Å². The first-order valence-corrected chi connectivity index (χ1v) is 6.88. The molecule has 1 heterocycles. The number of aryl methyl sites for hydroxylation is 1. The maximum Gasteiger partial charge on any atom is 0.192 e. The molecule has 0 spiro atoms. The zero-order chi connectivity index (χ0) is 13.9. The summed E-state index contributed by atoms with van der Waals surface area (Å²) in [6.45, 7) is 4.98. The lowest BCUT2D eigenvalue weighted by molar-refractivity contribution is 0.561. The molecule has 102 valence electrons. The number of nitrogens with zero attached hydrogens (tertiary/aromatic N) is 1. The van der Waals surface area contributed by atoms with Gasteiger partial charge in [0, 0.05) is 19.2 Å². The zero-order valence-electron chi connectivity index (χ0n) is 11.8. The van der Waals surface area contributed by atoms with Crippen molar-refractivity contribution >= 4 is 16.8 Å². The van der Waals surface area contributed by atoms with Gasteiger partial charge in [0.15, 0.2) is 11.5 Å². The van der Waals surface area contributed by atoms with Gasteiger partial charge in [-0.05, 0) is 29.7 Å². The van der Waals surface area contributed by atoms with Gasteiger partial charge in [-0.1, -0.05) is 37.3 Å². The lowest BCUT2D eigenvalue weighted by atomic mass is 10.0. The number of aromatic nitrogens is 1. The molecule has 0 bridgehead atoms. The Morgan fingerprint density at radius 2 is 1.95 bits per heavy atom. The summed E-state index contributed by atoms with van der Waals surface area (Å²) in [5.74, 6) is 1.17. The van der Waals surface area contributed by atoms with Crippen LogP contribution in [0.3, 0.4) is 0 Å². The van der Waals surface area contributed by atoms with Crippen LogP contribution in [0.15, 0.2) is 52.9 Å². The van der Waals surface area contributed by atoms with E-state index in [1.54, 1.807) is 0 Å². The lowest BCUT2D eigenvalue weighted by Gasteiger charge is -2.13. The first-order chi connectivity index (χ1) is 9.72. The SMILES string of the molecule is Cc1nc2cc(NCC(C)c3ccccc3)ccc2o1. The van der Waals surface area contributed by atoms with Gasteiger partial charge in [-0.2, -0.15) is 0 Å². The highest BCUT2D eigenvalue weighted by Crippen LogP contribution is 2.21. The predicted molar refractivity (Wildman–Crippen MR) is 82.1 cm³/mol. The molecule has 1 N–H and O–H groups in total. The molecule has 1 unspecified atom stereocenters. The van der Waals surface area contributed by atoms with Crippen molar-refractivity contribution in [2.24, 2.45) is 0 Å². The van der Waals surface area contributed by atoms with Crippen LogP contribution in [0, 0.1) is 6.92 Å². The fourth-order valence-electron chi connectivity index (χ4n) is 2.32. The van der Waals surface area contributed by atoms with Crippen molar-refractivity contribution in [2.45, 2.75) is 19.8 Å². The minimum absolute atomic E-state index is 0.464.